The lowest BCUT2D eigenvalue weighted by atomic mass is 10.3. The molecule has 0 saturated carbocycles. The van der Waals surface area contributed by atoms with Crippen LogP contribution in [-0.4, -0.2) is 26.1 Å². The first-order chi connectivity index (χ1) is 9.60. The number of benzene rings is 1. The van der Waals surface area contributed by atoms with Crippen molar-refractivity contribution in [2.45, 2.75) is 6.54 Å². The summed E-state index contributed by atoms with van der Waals surface area (Å²) >= 11 is 6.19. The van der Waals surface area contributed by atoms with E-state index in [0.717, 1.165) is 17.8 Å². The molecule has 0 aliphatic heterocycles. The predicted octanol–water partition coefficient (Wildman–Crippen LogP) is 3.31. The molecule has 20 heavy (non-hydrogen) atoms. The van der Waals surface area contributed by atoms with Crippen LogP contribution < -0.4 is 15.0 Å². The number of aromatic nitrogens is 1. The number of pyridine rings is 1. The van der Waals surface area contributed by atoms with Crippen molar-refractivity contribution in [1.82, 2.24) is 10.3 Å². The van der Waals surface area contributed by atoms with Gasteiger partial charge in [0.25, 0.3) is 0 Å². The number of hydrogen-bond acceptors (Lipinski definition) is 4. The monoisotopic (exact) mass is 291 g/mol. The number of halogens is 1. The number of nitrogens with one attached hydrogen (secondary N) is 1. The summed E-state index contributed by atoms with van der Waals surface area (Å²) in [5, 5.41) is 3.56. The van der Waals surface area contributed by atoms with Crippen molar-refractivity contribution in [3.63, 3.8) is 0 Å². The van der Waals surface area contributed by atoms with Crippen molar-refractivity contribution in [2.24, 2.45) is 0 Å². The molecule has 0 saturated heterocycles. The van der Waals surface area contributed by atoms with Crippen LogP contribution in [0.5, 0.6) is 11.6 Å². The van der Waals surface area contributed by atoms with Crippen molar-refractivity contribution in [2.75, 3.05) is 26.0 Å². The van der Waals surface area contributed by atoms with Crippen molar-refractivity contribution in [3.8, 4) is 11.6 Å². The fourth-order valence-electron chi connectivity index (χ4n) is 1.78. The van der Waals surface area contributed by atoms with Crippen LogP contribution in [0.15, 0.2) is 36.5 Å². The van der Waals surface area contributed by atoms with Crippen molar-refractivity contribution < 1.29 is 4.74 Å². The lowest BCUT2D eigenvalue weighted by Gasteiger charge is -2.14. The van der Waals surface area contributed by atoms with Gasteiger partial charge < -0.3 is 15.0 Å². The second-order valence-corrected chi connectivity index (χ2v) is 5.06. The first-order valence-electron chi connectivity index (χ1n) is 6.34. The Morgan fingerprint density at radius 2 is 2.10 bits per heavy atom. The fourth-order valence-corrected chi connectivity index (χ4v) is 2.01. The Morgan fingerprint density at radius 1 is 1.30 bits per heavy atom. The van der Waals surface area contributed by atoms with Gasteiger partial charge in [0.15, 0.2) is 0 Å². The molecule has 1 heterocycles. The zero-order valence-corrected chi connectivity index (χ0v) is 12.6. The van der Waals surface area contributed by atoms with Gasteiger partial charge >= 0.3 is 0 Å². The molecular weight excluding hydrogens is 274 g/mol. The minimum absolute atomic E-state index is 0.419. The van der Waals surface area contributed by atoms with E-state index >= 15 is 0 Å². The molecule has 0 fully saturated rings. The van der Waals surface area contributed by atoms with Gasteiger partial charge in [0.05, 0.1) is 0 Å². The van der Waals surface area contributed by atoms with Crippen molar-refractivity contribution in [3.05, 3.63) is 47.1 Å². The zero-order valence-electron chi connectivity index (χ0n) is 11.9. The number of hydrogen-bond donors (Lipinski definition) is 1. The van der Waals surface area contributed by atoms with Gasteiger partial charge in [0.1, 0.15) is 10.8 Å². The summed E-state index contributed by atoms with van der Waals surface area (Å²) < 4.78 is 5.74. The van der Waals surface area contributed by atoms with Crippen molar-refractivity contribution in [1.29, 1.82) is 0 Å². The highest BCUT2D eigenvalue weighted by Crippen LogP contribution is 2.29. The Balaban J connectivity index is 2.19. The van der Waals surface area contributed by atoms with E-state index in [1.54, 1.807) is 6.20 Å². The van der Waals surface area contributed by atoms with E-state index in [1.807, 2.05) is 56.4 Å². The molecule has 1 N–H and O–H groups in total. The molecule has 1 aromatic heterocycles. The average molecular weight is 292 g/mol. The van der Waals surface area contributed by atoms with Crippen LogP contribution in [-0.2, 0) is 6.54 Å². The van der Waals surface area contributed by atoms with E-state index in [2.05, 4.69) is 10.3 Å². The van der Waals surface area contributed by atoms with Gasteiger partial charge in [-0.05, 0) is 30.8 Å². The van der Waals surface area contributed by atoms with E-state index in [-0.39, 0.29) is 0 Å². The molecule has 0 unspecified atom stereocenters. The minimum Gasteiger partial charge on any atom is -0.437 e. The highest BCUT2D eigenvalue weighted by atomic mass is 35.5. The SMILES string of the molecule is CNCc1cnc(Oc2cccc(N(C)C)c2)c(Cl)c1. The Kier molecular flexibility index (Phi) is 4.82. The fraction of sp³-hybridized carbons (Fsp3) is 0.267. The van der Waals surface area contributed by atoms with E-state index in [4.69, 9.17) is 16.3 Å². The number of rotatable bonds is 5. The maximum atomic E-state index is 6.19. The summed E-state index contributed by atoms with van der Waals surface area (Å²) in [4.78, 5) is 6.27. The van der Waals surface area contributed by atoms with E-state index in [1.165, 1.54) is 0 Å². The number of nitrogens with zero attached hydrogens (tertiary/aromatic N) is 2. The van der Waals surface area contributed by atoms with Gasteiger partial charge in [-0.1, -0.05) is 17.7 Å². The molecule has 5 heteroatoms. The topological polar surface area (TPSA) is 37.4 Å². The molecule has 0 spiro atoms. The van der Waals surface area contributed by atoms with Crippen LogP contribution >= 0.6 is 11.6 Å². The molecule has 2 aromatic rings. The molecule has 0 aliphatic carbocycles. The molecular formula is C15H18ClN3O. The predicted molar refractivity (Wildman–Crippen MR) is 82.9 cm³/mol. The van der Waals surface area contributed by atoms with Crippen LogP contribution in [0.1, 0.15) is 5.56 Å². The van der Waals surface area contributed by atoms with Crippen LogP contribution in [0.25, 0.3) is 0 Å². The Hall–Kier alpha value is -1.78. The molecule has 1 aromatic carbocycles. The minimum atomic E-state index is 0.419. The van der Waals surface area contributed by atoms with Gasteiger partial charge in [0.2, 0.25) is 5.88 Å². The Bertz CT molecular complexity index is 587. The quantitative estimate of drug-likeness (QED) is 0.917. The van der Waals surface area contributed by atoms with E-state index < -0.39 is 0 Å². The van der Waals surface area contributed by atoms with Gasteiger partial charge in [-0.15, -0.1) is 0 Å². The smallest absolute Gasteiger partial charge is 0.238 e. The largest absolute Gasteiger partial charge is 0.437 e. The summed E-state index contributed by atoms with van der Waals surface area (Å²) in [5.41, 5.74) is 2.08. The summed E-state index contributed by atoms with van der Waals surface area (Å²) in [6.45, 7) is 0.725. The second-order valence-electron chi connectivity index (χ2n) is 4.65. The molecule has 106 valence electrons. The highest BCUT2D eigenvalue weighted by Gasteiger charge is 2.07. The number of ether oxygens (including phenoxy) is 1. The van der Waals surface area contributed by atoms with Gasteiger partial charge in [-0.3, -0.25) is 0 Å². The summed E-state index contributed by atoms with van der Waals surface area (Å²) in [7, 11) is 5.85. The van der Waals surface area contributed by atoms with Crippen LogP contribution in [0, 0.1) is 0 Å². The summed E-state index contributed by atoms with van der Waals surface area (Å²) in [6.07, 6.45) is 1.76. The van der Waals surface area contributed by atoms with Gasteiger partial charge in [-0.25, -0.2) is 4.98 Å². The Labute approximate surface area is 124 Å². The third kappa shape index (κ3) is 3.62. The third-order valence-electron chi connectivity index (χ3n) is 2.79. The van der Waals surface area contributed by atoms with Crippen LogP contribution in [0.2, 0.25) is 5.02 Å². The molecule has 0 aliphatic rings. The molecule has 0 atom stereocenters. The average Bonchev–Trinajstić information content (AvgIpc) is 2.42. The maximum Gasteiger partial charge on any atom is 0.238 e. The normalized spacial score (nSPS) is 10.4. The highest BCUT2D eigenvalue weighted by molar-refractivity contribution is 6.31. The molecule has 0 bridgehead atoms. The van der Waals surface area contributed by atoms with Gasteiger partial charge in [0, 0.05) is 38.6 Å². The van der Waals surface area contributed by atoms with E-state index in [0.29, 0.717) is 16.7 Å². The van der Waals surface area contributed by atoms with Gasteiger partial charge in [-0.2, -0.15) is 0 Å². The van der Waals surface area contributed by atoms with Crippen LogP contribution in [0.4, 0.5) is 5.69 Å². The van der Waals surface area contributed by atoms with Crippen molar-refractivity contribution >= 4 is 17.3 Å². The standard InChI is InChI=1S/C15H18ClN3O/c1-17-9-11-7-14(16)15(18-10-11)20-13-6-4-5-12(8-13)19(2)3/h4-8,10,17H,9H2,1-3H3. The third-order valence-corrected chi connectivity index (χ3v) is 3.06. The van der Waals surface area contributed by atoms with E-state index in [9.17, 15) is 0 Å². The number of anilines is 1. The maximum absolute atomic E-state index is 6.19. The summed E-state index contributed by atoms with van der Waals surface area (Å²) in [5.74, 6) is 1.13. The summed E-state index contributed by atoms with van der Waals surface area (Å²) in [6, 6.07) is 9.63. The zero-order chi connectivity index (χ0) is 14.5. The lowest BCUT2D eigenvalue weighted by Crippen LogP contribution is -2.08. The second kappa shape index (κ2) is 6.59. The molecule has 4 nitrogen and oxygen atoms in total. The Morgan fingerprint density at radius 3 is 2.75 bits per heavy atom. The molecule has 0 amide bonds. The first-order valence-corrected chi connectivity index (χ1v) is 6.72. The molecule has 2 rings (SSSR count). The molecule has 0 radical (unpaired) electrons. The lowest BCUT2D eigenvalue weighted by molar-refractivity contribution is 0.462. The first kappa shape index (κ1) is 14.6. The van der Waals surface area contributed by atoms with Crippen LogP contribution in [0.3, 0.4) is 0 Å².